The minimum atomic E-state index is -0.0517. The molecule has 128 valence electrons. The second kappa shape index (κ2) is 6.55. The van der Waals surface area contributed by atoms with Crippen molar-refractivity contribution in [3.8, 4) is 0 Å². The lowest BCUT2D eigenvalue weighted by Gasteiger charge is -2.19. The number of likely N-dealkylation sites (tertiary alicyclic amines) is 1. The summed E-state index contributed by atoms with van der Waals surface area (Å²) in [6, 6.07) is 13.6. The predicted octanol–water partition coefficient (Wildman–Crippen LogP) is 3.47. The van der Waals surface area contributed by atoms with Gasteiger partial charge in [0, 0.05) is 31.4 Å². The van der Waals surface area contributed by atoms with E-state index in [1.807, 2.05) is 47.4 Å². The van der Waals surface area contributed by atoms with E-state index in [0.717, 1.165) is 42.1 Å². The molecule has 1 aliphatic heterocycles. The Hall–Kier alpha value is -2.89. The number of aromatic nitrogens is 3. The molecule has 4 rings (SSSR count). The molecule has 3 heterocycles. The summed E-state index contributed by atoms with van der Waals surface area (Å²) < 4.78 is 2.21. The predicted molar refractivity (Wildman–Crippen MR) is 97.6 cm³/mol. The fourth-order valence-electron chi connectivity index (χ4n) is 3.47. The lowest BCUT2D eigenvalue weighted by Crippen LogP contribution is -2.33. The van der Waals surface area contributed by atoms with Crippen LogP contribution in [-0.4, -0.2) is 38.6 Å². The lowest BCUT2D eigenvalue weighted by molar-refractivity contribution is 0.221. The Bertz CT molecular complexity index is 889. The van der Waals surface area contributed by atoms with Gasteiger partial charge >= 0.3 is 6.03 Å². The Morgan fingerprint density at radius 2 is 2.08 bits per heavy atom. The Balaban J connectivity index is 1.54. The van der Waals surface area contributed by atoms with Crippen LogP contribution >= 0.6 is 0 Å². The molecule has 1 saturated heterocycles. The van der Waals surface area contributed by atoms with Crippen LogP contribution in [0.4, 0.5) is 10.5 Å². The quantitative estimate of drug-likeness (QED) is 0.797. The van der Waals surface area contributed by atoms with Crippen molar-refractivity contribution in [3.63, 3.8) is 0 Å². The van der Waals surface area contributed by atoms with Crippen molar-refractivity contribution in [1.82, 2.24) is 19.4 Å². The summed E-state index contributed by atoms with van der Waals surface area (Å²) in [5.74, 6) is 1.03. The molecule has 0 radical (unpaired) electrons. The molecule has 1 aromatic carbocycles. The van der Waals surface area contributed by atoms with Crippen LogP contribution < -0.4 is 5.32 Å². The minimum absolute atomic E-state index is 0.0517. The van der Waals surface area contributed by atoms with Crippen LogP contribution in [0.2, 0.25) is 0 Å². The normalized spacial score (nSPS) is 17.2. The standard InChI is InChI=1S/C19H21N5O/c1-2-17-22-16-9-6-11-20-18(16)24(17)15-10-12-23(13-15)19(25)21-14-7-4-3-5-8-14/h3-9,11,15H,2,10,12-13H2,1H3,(H,21,25)/t15-/m0/s1. The summed E-state index contributed by atoms with van der Waals surface area (Å²) in [7, 11) is 0. The van der Waals surface area contributed by atoms with Gasteiger partial charge in [0.25, 0.3) is 0 Å². The number of amides is 2. The lowest BCUT2D eigenvalue weighted by atomic mass is 10.2. The Labute approximate surface area is 146 Å². The van der Waals surface area contributed by atoms with Crippen LogP contribution in [0, 0.1) is 0 Å². The average molecular weight is 335 g/mol. The molecule has 0 unspecified atom stereocenters. The van der Waals surface area contributed by atoms with Crippen molar-refractivity contribution in [2.45, 2.75) is 25.8 Å². The fraction of sp³-hybridized carbons (Fsp3) is 0.316. The summed E-state index contributed by atoms with van der Waals surface area (Å²) in [5, 5.41) is 2.96. The van der Waals surface area contributed by atoms with Crippen LogP contribution in [-0.2, 0) is 6.42 Å². The highest BCUT2D eigenvalue weighted by atomic mass is 16.2. The third kappa shape index (κ3) is 2.95. The minimum Gasteiger partial charge on any atom is -0.322 e. The third-order valence-electron chi connectivity index (χ3n) is 4.68. The second-order valence-electron chi connectivity index (χ2n) is 6.28. The summed E-state index contributed by atoms with van der Waals surface area (Å²) in [6.45, 7) is 3.51. The average Bonchev–Trinajstić information content (AvgIpc) is 3.26. The second-order valence-corrected chi connectivity index (χ2v) is 6.28. The molecule has 6 heteroatoms. The maximum atomic E-state index is 12.5. The summed E-state index contributed by atoms with van der Waals surface area (Å²) >= 11 is 0. The first-order valence-electron chi connectivity index (χ1n) is 8.69. The van der Waals surface area contributed by atoms with Gasteiger partial charge in [-0.3, -0.25) is 0 Å². The van der Waals surface area contributed by atoms with E-state index in [1.165, 1.54) is 0 Å². The highest BCUT2D eigenvalue weighted by Gasteiger charge is 2.30. The van der Waals surface area contributed by atoms with E-state index in [-0.39, 0.29) is 12.1 Å². The van der Waals surface area contributed by atoms with E-state index in [4.69, 9.17) is 4.98 Å². The van der Waals surface area contributed by atoms with Crippen molar-refractivity contribution in [2.75, 3.05) is 18.4 Å². The van der Waals surface area contributed by atoms with E-state index in [1.54, 1.807) is 6.20 Å². The number of anilines is 1. The van der Waals surface area contributed by atoms with E-state index in [2.05, 4.69) is 21.8 Å². The largest absolute Gasteiger partial charge is 0.322 e. The van der Waals surface area contributed by atoms with E-state index in [9.17, 15) is 4.79 Å². The molecular weight excluding hydrogens is 314 g/mol. The monoisotopic (exact) mass is 335 g/mol. The molecule has 0 spiro atoms. The number of para-hydroxylation sites is 1. The van der Waals surface area contributed by atoms with Gasteiger partial charge in [-0.2, -0.15) is 0 Å². The van der Waals surface area contributed by atoms with Crippen molar-refractivity contribution in [1.29, 1.82) is 0 Å². The molecule has 0 aliphatic carbocycles. The first-order chi connectivity index (χ1) is 12.3. The topological polar surface area (TPSA) is 63.1 Å². The van der Waals surface area contributed by atoms with Gasteiger partial charge in [0.1, 0.15) is 11.3 Å². The van der Waals surface area contributed by atoms with Crippen LogP contribution in [0.3, 0.4) is 0 Å². The molecule has 6 nitrogen and oxygen atoms in total. The smallest absolute Gasteiger partial charge is 0.321 e. The summed E-state index contributed by atoms with van der Waals surface area (Å²) in [6.07, 6.45) is 3.56. The van der Waals surface area contributed by atoms with Crippen LogP contribution in [0.15, 0.2) is 48.7 Å². The highest BCUT2D eigenvalue weighted by Crippen LogP contribution is 2.28. The number of nitrogens with zero attached hydrogens (tertiary/aromatic N) is 4. The number of benzene rings is 1. The zero-order valence-corrected chi connectivity index (χ0v) is 14.2. The van der Waals surface area contributed by atoms with Crippen LogP contribution in [0.25, 0.3) is 11.2 Å². The number of rotatable bonds is 3. The van der Waals surface area contributed by atoms with Crippen LogP contribution in [0.5, 0.6) is 0 Å². The number of hydrogen-bond donors (Lipinski definition) is 1. The Morgan fingerprint density at radius 3 is 2.88 bits per heavy atom. The van der Waals surface area contributed by atoms with E-state index < -0.39 is 0 Å². The zero-order valence-electron chi connectivity index (χ0n) is 14.2. The van der Waals surface area contributed by atoms with Gasteiger partial charge in [-0.25, -0.2) is 14.8 Å². The summed E-state index contributed by atoms with van der Waals surface area (Å²) in [5.41, 5.74) is 2.65. The SMILES string of the molecule is CCc1nc2cccnc2n1[C@H]1CCN(C(=O)Nc2ccccc2)C1. The molecule has 0 bridgehead atoms. The van der Waals surface area contributed by atoms with Crippen molar-refractivity contribution < 1.29 is 4.79 Å². The maximum Gasteiger partial charge on any atom is 0.321 e. The van der Waals surface area contributed by atoms with Gasteiger partial charge in [0.2, 0.25) is 0 Å². The molecule has 1 N–H and O–H groups in total. The van der Waals surface area contributed by atoms with Gasteiger partial charge in [0.05, 0.1) is 6.04 Å². The third-order valence-corrected chi connectivity index (χ3v) is 4.68. The van der Waals surface area contributed by atoms with Gasteiger partial charge < -0.3 is 14.8 Å². The number of nitrogens with one attached hydrogen (secondary N) is 1. The molecule has 0 saturated carbocycles. The van der Waals surface area contributed by atoms with E-state index >= 15 is 0 Å². The van der Waals surface area contributed by atoms with Gasteiger partial charge in [-0.15, -0.1) is 0 Å². The molecule has 1 atom stereocenters. The number of aryl methyl sites for hydroxylation is 1. The first-order valence-corrected chi connectivity index (χ1v) is 8.69. The number of urea groups is 1. The highest BCUT2D eigenvalue weighted by molar-refractivity contribution is 5.89. The zero-order chi connectivity index (χ0) is 17.2. The number of carbonyl (C=O) groups is 1. The number of imidazole rings is 1. The Kier molecular flexibility index (Phi) is 4.09. The number of hydrogen-bond acceptors (Lipinski definition) is 3. The number of carbonyl (C=O) groups excluding carboxylic acids is 1. The molecule has 3 aromatic rings. The van der Waals surface area contributed by atoms with E-state index in [0.29, 0.717) is 6.54 Å². The first kappa shape index (κ1) is 15.6. The molecule has 2 amide bonds. The maximum absolute atomic E-state index is 12.5. The molecular formula is C19H21N5O. The van der Waals surface area contributed by atoms with Gasteiger partial charge in [0.15, 0.2) is 5.65 Å². The number of fused-ring (bicyclic) bond motifs is 1. The molecule has 25 heavy (non-hydrogen) atoms. The molecule has 1 fully saturated rings. The Morgan fingerprint density at radius 1 is 1.24 bits per heavy atom. The number of pyridine rings is 1. The van der Waals surface area contributed by atoms with Gasteiger partial charge in [-0.1, -0.05) is 25.1 Å². The van der Waals surface area contributed by atoms with Crippen molar-refractivity contribution in [3.05, 3.63) is 54.5 Å². The van der Waals surface area contributed by atoms with Crippen molar-refractivity contribution in [2.24, 2.45) is 0 Å². The molecule has 2 aromatic heterocycles. The fourth-order valence-corrected chi connectivity index (χ4v) is 3.47. The molecule has 1 aliphatic rings. The van der Waals surface area contributed by atoms with Gasteiger partial charge in [-0.05, 0) is 30.7 Å². The van der Waals surface area contributed by atoms with Crippen molar-refractivity contribution >= 4 is 22.9 Å². The van der Waals surface area contributed by atoms with Crippen LogP contribution in [0.1, 0.15) is 25.2 Å². The summed E-state index contributed by atoms with van der Waals surface area (Å²) in [4.78, 5) is 23.6.